The molecule has 6 nitrogen and oxygen atoms in total. The van der Waals surface area contributed by atoms with Crippen LogP contribution in [0, 0.1) is 13.8 Å². The molecule has 2 aromatic carbocycles. The number of hydrogen-bond acceptors (Lipinski definition) is 5. The van der Waals surface area contributed by atoms with Gasteiger partial charge >= 0.3 is 0 Å². The van der Waals surface area contributed by atoms with Crippen molar-refractivity contribution in [3.8, 4) is 5.75 Å². The molecular formula is C23H24Cl2N4O2S. The number of amides is 1. The van der Waals surface area contributed by atoms with E-state index in [2.05, 4.69) is 28.2 Å². The Hall–Kier alpha value is -2.48. The molecule has 1 unspecified atom stereocenters. The van der Waals surface area contributed by atoms with Crippen molar-refractivity contribution in [2.24, 2.45) is 0 Å². The Morgan fingerprint density at radius 1 is 1.22 bits per heavy atom. The van der Waals surface area contributed by atoms with Crippen LogP contribution in [0.5, 0.6) is 5.75 Å². The second-order valence-electron chi connectivity index (χ2n) is 7.26. The fourth-order valence-electron chi connectivity index (χ4n) is 3.14. The molecule has 0 spiro atoms. The van der Waals surface area contributed by atoms with Crippen molar-refractivity contribution in [1.29, 1.82) is 0 Å². The number of halogens is 2. The predicted octanol–water partition coefficient (Wildman–Crippen LogP) is 6.26. The van der Waals surface area contributed by atoms with Gasteiger partial charge in [-0.25, -0.2) is 0 Å². The first kappa shape index (κ1) is 24.2. The highest BCUT2D eigenvalue weighted by molar-refractivity contribution is 7.99. The molecule has 1 amide bonds. The standard InChI is InChI=1S/C23H24Cl2N4O2S/c1-5-8-29-22(16(4)31-20-7-6-14(2)9-15(20)3)27-28-23(29)32-13-21(30)26-19-11-17(24)10-18(25)12-19/h5-7,9-12,16H,1,8,13H2,2-4H3,(H,26,30). The van der Waals surface area contributed by atoms with E-state index in [-0.39, 0.29) is 17.8 Å². The summed E-state index contributed by atoms with van der Waals surface area (Å²) in [5, 5.41) is 12.9. The van der Waals surface area contributed by atoms with Gasteiger partial charge < -0.3 is 10.1 Å². The summed E-state index contributed by atoms with van der Waals surface area (Å²) in [5.41, 5.74) is 2.77. The van der Waals surface area contributed by atoms with Gasteiger partial charge in [0.2, 0.25) is 5.91 Å². The molecule has 1 aromatic heterocycles. The van der Waals surface area contributed by atoms with Gasteiger partial charge in [-0.3, -0.25) is 9.36 Å². The summed E-state index contributed by atoms with van der Waals surface area (Å²) in [5.74, 6) is 1.40. The van der Waals surface area contributed by atoms with Crippen molar-refractivity contribution in [2.75, 3.05) is 11.1 Å². The SMILES string of the molecule is C=CCn1c(SCC(=O)Nc2cc(Cl)cc(Cl)c2)nnc1C(C)Oc1ccc(C)cc1C. The third-order valence-electron chi connectivity index (χ3n) is 4.53. The largest absolute Gasteiger partial charge is 0.482 e. The lowest BCUT2D eigenvalue weighted by atomic mass is 10.1. The summed E-state index contributed by atoms with van der Waals surface area (Å²) in [6.45, 7) is 10.3. The molecule has 0 aliphatic heterocycles. The minimum Gasteiger partial charge on any atom is -0.482 e. The summed E-state index contributed by atoms with van der Waals surface area (Å²) in [6.07, 6.45) is 1.43. The predicted molar refractivity (Wildman–Crippen MR) is 131 cm³/mol. The lowest BCUT2D eigenvalue weighted by molar-refractivity contribution is -0.113. The third-order valence-corrected chi connectivity index (χ3v) is 5.94. The van der Waals surface area contributed by atoms with E-state index < -0.39 is 0 Å². The highest BCUT2D eigenvalue weighted by Crippen LogP contribution is 2.28. The first-order chi connectivity index (χ1) is 15.3. The Morgan fingerprint density at radius 3 is 2.59 bits per heavy atom. The maximum absolute atomic E-state index is 12.4. The second kappa shape index (κ2) is 10.9. The zero-order valence-electron chi connectivity index (χ0n) is 18.1. The van der Waals surface area contributed by atoms with Crippen molar-refractivity contribution >= 4 is 46.6 Å². The number of nitrogens with one attached hydrogen (secondary N) is 1. The van der Waals surface area contributed by atoms with E-state index in [1.807, 2.05) is 37.5 Å². The summed E-state index contributed by atoms with van der Waals surface area (Å²) < 4.78 is 8.04. The van der Waals surface area contributed by atoms with E-state index >= 15 is 0 Å². The molecule has 32 heavy (non-hydrogen) atoms. The summed E-state index contributed by atoms with van der Waals surface area (Å²) >= 11 is 13.3. The van der Waals surface area contributed by atoms with E-state index in [0.29, 0.717) is 33.3 Å². The third kappa shape index (κ3) is 6.28. The molecule has 0 fully saturated rings. The van der Waals surface area contributed by atoms with Gasteiger partial charge in [0.1, 0.15) is 5.75 Å². The second-order valence-corrected chi connectivity index (χ2v) is 9.08. The van der Waals surface area contributed by atoms with Crippen LogP contribution in [0.2, 0.25) is 10.0 Å². The molecule has 0 saturated heterocycles. The number of ether oxygens (including phenoxy) is 1. The van der Waals surface area contributed by atoms with Crippen LogP contribution in [0.1, 0.15) is 30.0 Å². The van der Waals surface area contributed by atoms with Crippen LogP contribution in [0.25, 0.3) is 0 Å². The molecule has 0 saturated carbocycles. The van der Waals surface area contributed by atoms with E-state index in [9.17, 15) is 4.79 Å². The Bertz CT molecular complexity index is 1110. The van der Waals surface area contributed by atoms with Crippen LogP contribution in [0.3, 0.4) is 0 Å². The van der Waals surface area contributed by atoms with Crippen LogP contribution < -0.4 is 10.1 Å². The fourth-order valence-corrected chi connectivity index (χ4v) is 4.42. The zero-order valence-corrected chi connectivity index (χ0v) is 20.4. The van der Waals surface area contributed by atoms with Crippen molar-refractivity contribution in [2.45, 2.75) is 38.6 Å². The van der Waals surface area contributed by atoms with Gasteiger partial charge in [0.25, 0.3) is 0 Å². The quantitative estimate of drug-likeness (QED) is 0.283. The highest BCUT2D eigenvalue weighted by atomic mass is 35.5. The first-order valence-electron chi connectivity index (χ1n) is 9.93. The number of aromatic nitrogens is 3. The summed E-state index contributed by atoms with van der Waals surface area (Å²) in [6, 6.07) is 10.9. The molecule has 168 valence electrons. The Morgan fingerprint density at radius 2 is 1.94 bits per heavy atom. The molecule has 3 rings (SSSR count). The van der Waals surface area contributed by atoms with Crippen LogP contribution in [-0.4, -0.2) is 26.4 Å². The lowest BCUT2D eigenvalue weighted by Crippen LogP contribution is -2.15. The number of allylic oxidation sites excluding steroid dienone is 1. The van der Waals surface area contributed by atoms with E-state index in [1.165, 1.54) is 17.3 Å². The molecule has 1 heterocycles. The van der Waals surface area contributed by atoms with Crippen LogP contribution >= 0.6 is 35.0 Å². The lowest BCUT2D eigenvalue weighted by Gasteiger charge is -2.17. The number of carbonyl (C=O) groups is 1. The smallest absolute Gasteiger partial charge is 0.234 e. The highest BCUT2D eigenvalue weighted by Gasteiger charge is 2.20. The Kier molecular flexibility index (Phi) is 8.23. The monoisotopic (exact) mass is 490 g/mol. The number of anilines is 1. The molecule has 0 aliphatic carbocycles. The van der Waals surface area contributed by atoms with Gasteiger partial charge in [0.15, 0.2) is 17.1 Å². The van der Waals surface area contributed by atoms with E-state index in [0.717, 1.165) is 11.3 Å². The average molecular weight is 491 g/mol. The van der Waals surface area contributed by atoms with E-state index in [1.54, 1.807) is 24.3 Å². The number of nitrogens with zero attached hydrogens (tertiary/aromatic N) is 3. The first-order valence-corrected chi connectivity index (χ1v) is 11.7. The minimum absolute atomic E-state index is 0.145. The van der Waals surface area contributed by atoms with Gasteiger partial charge in [-0.1, -0.05) is 58.7 Å². The van der Waals surface area contributed by atoms with Crippen molar-refractivity contribution in [3.05, 3.63) is 76.0 Å². The normalized spacial score (nSPS) is 11.8. The van der Waals surface area contributed by atoms with Crippen molar-refractivity contribution in [3.63, 3.8) is 0 Å². The van der Waals surface area contributed by atoms with E-state index in [4.69, 9.17) is 27.9 Å². The van der Waals surface area contributed by atoms with Gasteiger partial charge in [-0.15, -0.1) is 16.8 Å². The molecule has 3 aromatic rings. The van der Waals surface area contributed by atoms with Crippen LogP contribution in [0.15, 0.2) is 54.2 Å². The minimum atomic E-state index is -0.333. The molecule has 0 aliphatic rings. The Labute approximate surface area is 202 Å². The average Bonchev–Trinajstić information content (AvgIpc) is 3.11. The fraction of sp³-hybridized carbons (Fsp3) is 0.261. The van der Waals surface area contributed by atoms with Crippen molar-refractivity contribution in [1.82, 2.24) is 14.8 Å². The number of carbonyl (C=O) groups excluding carboxylic acids is 1. The van der Waals surface area contributed by atoms with Crippen LogP contribution in [-0.2, 0) is 11.3 Å². The summed E-state index contributed by atoms with van der Waals surface area (Å²) in [7, 11) is 0. The molecule has 1 atom stereocenters. The van der Waals surface area contributed by atoms with Gasteiger partial charge in [0.05, 0.1) is 5.75 Å². The van der Waals surface area contributed by atoms with Gasteiger partial charge in [0, 0.05) is 22.3 Å². The summed E-state index contributed by atoms with van der Waals surface area (Å²) in [4.78, 5) is 12.4. The zero-order chi connectivity index (χ0) is 23.3. The van der Waals surface area contributed by atoms with Crippen LogP contribution in [0.4, 0.5) is 5.69 Å². The maximum atomic E-state index is 12.4. The molecular weight excluding hydrogens is 467 g/mol. The molecule has 0 bridgehead atoms. The number of rotatable bonds is 9. The maximum Gasteiger partial charge on any atom is 0.234 e. The number of aryl methyl sites for hydroxylation is 2. The number of benzene rings is 2. The molecule has 1 N–H and O–H groups in total. The van der Waals surface area contributed by atoms with Gasteiger partial charge in [-0.2, -0.15) is 0 Å². The number of hydrogen-bond donors (Lipinski definition) is 1. The van der Waals surface area contributed by atoms with Crippen molar-refractivity contribution < 1.29 is 9.53 Å². The number of thioether (sulfide) groups is 1. The topological polar surface area (TPSA) is 69.0 Å². The molecule has 9 heteroatoms. The van der Waals surface area contributed by atoms with Gasteiger partial charge in [-0.05, 0) is 50.6 Å². The Balaban J connectivity index is 1.69. The molecule has 0 radical (unpaired) electrons.